The third-order valence-electron chi connectivity index (χ3n) is 4.53. The van der Waals surface area contributed by atoms with Crippen LogP contribution >= 0.6 is 0 Å². The van der Waals surface area contributed by atoms with Crippen LogP contribution in [0.1, 0.15) is 35.8 Å². The largest absolute Gasteiger partial charge is 0.392 e. The van der Waals surface area contributed by atoms with Crippen LogP contribution < -0.4 is 0 Å². The van der Waals surface area contributed by atoms with Crippen LogP contribution in [0.4, 0.5) is 0 Å². The molecule has 2 bridgehead atoms. The van der Waals surface area contributed by atoms with Crippen molar-refractivity contribution in [1.29, 1.82) is 0 Å². The van der Waals surface area contributed by atoms with E-state index in [0.717, 1.165) is 18.3 Å². The van der Waals surface area contributed by atoms with Crippen LogP contribution in [-0.4, -0.2) is 11.2 Å². The first-order valence-corrected chi connectivity index (χ1v) is 5.63. The molecule has 4 aliphatic carbocycles. The second kappa shape index (κ2) is 2.22. The summed E-state index contributed by atoms with van der Waals surface area (Å²) in [7, 11) is 0. The number of benzene rings is 1. The molecular formula is C13H14O. The van der Waals surface area contributed by atoms with Crippen LogP contribution in [0, 0.1) is 11.8 Å². The van der Waals surface area contributed by atoms with Gasteiger partial charge in [-0.2, -0.15) is 0 Å². The number of fused-ring (bicyclic) bond motifs is 1. The van der Waals surface area contributed by atoms with Gasteiger partial charge >= 0.3 is 0 Å². The summed E-state index contributed by atoms with van der Waals surface area (Å²) in [5.41, 5.74) is 3.00. The van der Waals surface area contributed by atoms with Crippen molar-refractivity contribution in [2.24, 2.45) is 11.8 Å². The highest BCUT2D eigenvalue weighted by atomic mass is 16.3. The van der Waals surface area contributed by atoms with E-state index in [9.17, 15) is 5.11 Å². The molecule has 4 aliphatic rings. The molecular weight excluding hydrogens is 172 g/mol. The number of aliphatic hydroxyl groups excluding tert-OH is 1. The molecule has 5 atom stereocenters. The van der Waals surface area contributed by atoms with Gasteiger partial charge in [0, 0.05) is 5.92 Å². The Kier molecular flexibility index (Phi) is 1.18. The van der Waals surface area contributed by atoms with E-state index in [1.165, 1.54) is 12.0 Å². The zero-order valence-corrected chi connectivity index (χ0v) is 8.06. The van der Waals surface area contributed by atoms with Crippen LogP contribution in [0.3, 0.4) is 0 Å². The number of aliphatic hydroxyl groups is 1. The molecule has 0 radical (unpaired) electrons. The monoisotopic (exact) mass is 186 g/mol. The summed E-state index contributed by atoms with van der Waals surface area (Å²) >= 11 is 0. The Balaban J connectivity index is 1.96. The lowest BCUT2D eigenvalue weighted by Crippen LogP contribution is -2.35. The fraction of sp³-hybridized carbons (Fsp3) is 0.538. The van der Waals surface area contributed by atoms with Gasteiger partial charge < -0.3 is 5.11 Å². The number of hydrogen-bond acceptors (Lipinski definition) is 1. The zero-order chi connectivity index (χ0) is 9.28. The highest BCUT2D eigenvalue weighted by Crippen LogP contribution is 2.66. The maximum atomic E-state index is 10.0. The van der Waals surface area contributed by atoms with Gasteiger partial charge in [-0.25, -0.2) is 0 Å². The van der Waals surface area contributed by atoms with Gasteiger partial charge in [-0.1, -0.05) is 24.3 Å². The molecule has 0 aliphatic heterocycles. The summed E-state index contributed by atoms with van der Waals surface area (Å²) in [6, 6.07) is 8.75. The molecule has 72 valence electrons. The topological polar surface area (TPSA) is 20.2 Å². The Morgan fingerprint density at radius 2 is 1.79 bits per heavy atom. The third kappa shape index (κ3) is 0.718. The summed E-state index contributed by atoms with van der Waals surface area (Å²) in [4.78, 5) is 0. The van der Waals surface area contributed by atoms with E-state index in [-0.39, 0.29) is 6.10 Å². The summed E-state index contributed by atoms with van der Waals surface area (Å²) < 4.78 is 0. The molecule has 0 heterocycles. The lowest BCUT2D eigenvalue weighted by atomic mass is 9.66. The van der Waals surface area contributed by atoms with Gasteiger partial charge in [-0.3, -0.25) is 0 Å². The minimum atomic E-state index is -0.0568. The van der Waals surface area contributed by atoms with Crippen molar-refractivity contribution >= 4 is 0 Å². The molecule has 0 saturated heterocycles. The minimum Gasteiger partial charge on any atom is -0.392 e. The minimum absolute atomic E-state index is 0.0568. The van der Waals surface area contributed by atoms with Gasteiger partial charge in [-0.05, 0) is 41.7 Å². The summed E-state index contributed by atoms with van der Waals surface area (Å²) in [5.74, 6) is 2.88. The highest BCUT2D eigenvalue weighted by Gasteiger charge is 2.58. The van der Waals surface area contributed by atoms with Crippen molar-refractivity contribution in [3.8, 4) is 0 Å². The van der Waals surface area contributed by atoms with Crippen molar-refractivity contribution in [1.82, 2.24) is 0 Å². The molecule has 5 rings (SSSR count). The molecule has 1 N–H and O–H groups in total. The van der Waals surface area contributed by atoms with Crippen molar-refractivity contribution < 1.29 is 5.11 Å². The van der Waals surface area contributed by atoms with Crippen LogP contribution in [0.25, 0.3) is 0 Å². The van der Waals surface area contributed by atoms with Gasteiger partial charge in [0.1, 0.15) is 0 Å². The predicted octanol–water partition coefficient (Wildman–Crippen LogP) is 2.27. The lowest BCUT2D eigenvalue weighted by molar-refractivity contribution is 0.0773. The molecule has 0 unspecified atom stereocenters. The fourth-order valence-corrected chi connectivity index (χ4v) is 3.93. The van der Waals surface area contributed by atoms with E-state index in [1.54, 1.807) is 5.56 Å². The smallest absolute Gasteiger partial charge is 0.0617 e. The Bertz CT molecular complexity index is 396. The lowest BCUT2D eigenvalue weighted by Gasteiger charge is -2.41. The van der Waals surface area contributed by atoms with Crippen LogP contribution in [0.15, 0.2) is 24.3 Å². The highest BCUT2D eigenvalue weighted by molar-refractivity contribution is 5.44. The van der Waals surface area contributed by atoms with E-state index < -0.39 is 0 Å². The molecule has 1 heteroatoms. The standard InChI is InChI=1S/C13H14O/c14-12-6-10-7-3-1-2-4-8(7)13(12)11-5-9(10)11/h1-4,9-14H,5-6H2/t9-,10+,11+,12+,13+/m1/s1. The van der Waals surface area contributed by atoms with Crippen molar-refractivity contribution in [3.63, 3.8) is 0 Å². The van der Waals surface area contributed by atoms with Crippen LogP contribution in [0.5, 0.6) is 0 Å². The first-order valence-electron chi connectivity index (χ1n) is 5.63. The molecule has 1 nitrogen and oxygen atoms in total. The van der Waals surface area contributed by atoms with E-state index in [4.69, 9.17) is 0 Å². The average molecular weight is 186 g/mol. The summed E-state index contributed by atoms with van der Waals surface area (Å²) in [5, 5.41) is 10.0. The number of rotatable bonds is 0. The second-order valence-electron chi connectivity index (χ2n) is 5.13. The molecule has 14 heavy (non-hydrogen) atoms. The van der Waals surface area contributed by atoms with E-state index in [0.29, 0.717) is 11.8 Å². The van der Waals surface area contributed by atoms with Crippen LogP contribution in [0.2, 0.25) is 0 Å². The fourth-order valence-electron chi connectivity index (χ4n) is 3.93. The van der Waals surface area contributed by atoms with E-state index >= 15 is 0 Å². The van der Waals surface area contributed by atoms with Crippen LogP contribution in [-0.2, 0) is 0 Å². The molecule has 2 saturated carbocycles. The molecule has 2 fully saturated rings. The van der Waals surface area contributed by atoms with E-state index in [1.807, 2.05) is 0 Å². The van der Waals surface area contributed by atoms with Gasteiger partial charge in [0.15, 0.2) is 0 Å². The maximum absolute atomic E-state index is 10.0. The van der Waals surface area contributed by atoms with Crippen molar-refractivity contribution in [2.75, 3.05) is 0 Å². The third-order valence-corrected chi connectivity index (χ3v) is 4.53. The Hall–Kier alpha value is -0.820. The number of hydrogen-bond donors (Lipinski definition) is 1. The summed E-state index contributed by atoms with van der Waals surface area (Å²) in [6.45, 7) is 0. The Morgan fingerprint density at radius 3 is 2.64 bits per heavy atom. The van der Waals surface area contributed by atoms with Gasteiger partial charge in [-0.15, -0.1) is 0 Å². The van der Waals surface area contributed by atoms with Gasteiger partial charge in [0.25, 0.3) is 0 Å². The average Bonchev–Trinajstić information content (AvgIpc) is 2.98. The van der Waals surface area contributed by atoms with Gasteiger partial charge in [0.05, 0.1) is 6.10 Å². The zero-order valence-electron chi connectivity index (χ0n) is 8.06. The maximum Gasteiger partial charge on any atom is 0.0617 e. The first-order chi connectivity index (χ1) is 6.86. The molecule has 0 amide bonds. The van der Waals surface area contributed by atoms with Crippen molar-refractivity contribution in [2.45, 2.75) is 30.8 Å². The summed E-state index contributed by atoms with van der Waals surface area (Å²) in [6.07, 6.45) is 2.32. The second-order valence-corrected chi connectivity index (χ2v) is 5.13. The first kappa shape index (κ1) is 7.47. The molecule has 0 aromatic heterocycles. The predicted molar refractivity (Wildman–Crippen MR) is 54.1 cm³/mol. The Labute approximate surface area is 83.8 Å². The quantitative estimate of drug-likeness (QED) is 0.659. The van der Waals surface area contributed by atoms with Crippen molar-refractivity contribution in [3.05, 3.63) is 35.4 Å². The molecule has 1 aromatic rings. The normalized spacial score (nSPS) is 47.1. The Morgan fingerprint density at radius 1 is 1.00 bits per heavy atom. The molecule has 1 aromatic carbocycles. The van der Waals surface area contributed by atoms with E-state index in [2.05, 4.69) is 24.3 Å². The SMILES string of the molecule is O[C@H]1C[C@H]2c3ccccc3[C@H]1[C@H]1C[C@@H]12. The molecule has 0 spiro atoms. The van der Waals surface area contributed by atoms with Gasteiger partial charge in [0.2, 0.25) is 0 Å².